The fourth-order valence-corrected chi connectivity index (χ4v) is 2.29. The summed E-state index contributed by atoms with van der Waals surface area (Å²) in [7, 11) is 1.55. The summed E-state index contributed by atoms with van der Waals surface area (Å²) in [6.07, 6.45) is 1.36. The zero-order chi connectivity index (χ0) is 17.1. The van der Waals surface area contributed by atoms with Crippen LogP contribution in [0.2, 0.25) is 0 Å². The molecule has 6 heteroatoms. The van der Waals surface area contributed by atoms with Crippen LogP contribution in [-0.4, -0.2) is 17.1 Å². The Bertz CT molecular complexity index is 884. The molecule has 0 aliphatic heterocycles. The second-order valence-electron chi connectivity index (χ2n) is 5.16. The lowest BCUT2D eigenvalue weighted by Crippen LogP contribution is -2.01. The number of nitrogens with two attached hydrogens (primary N) is 1. The maximum Gasteiger partial charge on any atom is 0.246 e. The molecule has 0 atom stereocenters. The number of nitrogens with zero attached hydrogens (tertiary/aromatic N) is 2. The van der Waals surface area contributed by atoms with Gasteiger partial charge < -0.3 is 15.2 Å². The van der Waals surface area contributed by atoms with E-state index in [-0.39, 0.29) is 17.4 Å². The van der Waals surface area contributed by atoms with E-state index in [1.165, 1.54) is 12.4 Å². The van der Waals surface area contributed by atoms with Crippen molar-refractivity contribution in [3.8, 4) is 28.6 Å². The van der Waals surface area contributed by atoms with Crippen LogP contribution in [0.15, 0.2) is 48.8 Å². The molecule has 0 fully saturated rings. The fourth-order valence-electron chi connectivity index (χ4n) is 2.29. The summed E-state index contributed by atoms with van der Waals surface area (Å²) >= 11 is 0. The molecule has 1 aromatic heterocycles. The monoisotopic (exact) mass is 325 g/mol. The first-order chi connectivity index (χ1) is 11.6. The minimum Gasteiger partial charge on any atom is -0.493 e. The highest BCUT2D eigenvalue weighted by atomic mass is 19.1. The van der Waals surface area contributed by atoms with Crippen molar-refractivity contribution in [2.24, 2.45) is 0 Å². The molecular weight excluding hydrogens is 309 g/mol. The molecule has 1 heterocycles. The topological polar surface area (TPSA) is 70.3 Å². The van der Waals surface area contributed by atoms with Gasteiger partial charge in [0.2, 0.25) is 5.88 Å². The van der Waals surface area contributed by atoms with Gasteiger partial charge in [0.05, 0.1) is 7.11 Å². The molecule has 0 aliphatic carbocycles. The smallest absolute Gasteiger partial charge is 0.246 e. The zero-order valence-corrected chi connectivity index (χ0v) is 13.3. The molecule has 0 radical (unpaired) electrons. The van der Waals surface area contributed by atoms with E-state index in [2.05, 4.69) is 9.97 Å². The predicted molar refractivity (Wildman–Crippen MR) is 89.6 cm³/mol. The van der Waals surface area contributed by atoms with E-state index in [1.807, 2.05) is 12.1 Å². The highest BCUT2D eigenvalue weighted by molar-refractivity contribution is 5.76. The summed E-state index contributed by atoms with van der Waals surface area (Å²) < 4.78 is 24.5. The lowest BCUT2D eigenvalue weighted by Gasteiger charge is -2.12. The number of anilines is 1. The Hall–Kier alpha value is -3.15. The standard InChI is InChI=1S/C18H16FN3O2/c1-11-9-12(7-8-13(11)19)17-16(20)18(22-10-21-17)24-15-6-4-3-5-14(15)23-2/h3-10H,20H2,1-2H3. The van der Waals surface area contributed by atoms with Crippen LogP contribution in [-0.2, 0) is 0 Å². The minimum absolute atomic E-state index is 0.214. The Morgan fingerprint density at radius 1 is 1.04 bits per heavy atom. The van der Waals surface area contributed by atoms with Crippen molar-refractivity contribution in [1.29, 1.82) is 0 Å². The molecule has 0 amide bonds. The molecule has 0 aliphatic rings. The average molecular weight is 325 g/mol. The van der Waals surface area contributed by atoms with E-state index in [4.69, 9.17) is 15.2 Å². The first-order valence-electron chi connectivity index (χ1n) is 7.28. The van der Waals surface area contributed by atoms with Gasteiger partial charge >= 0.3 is 0 Å². The summed E-state index contributed by atoms with van der Waals surface area (Å²) in [4.78, 5) is 8.28. The molecule has 0 saturated heterocycles. The molecule has 5 nitrogen and oxygen atoms in total. The summed E-state index contributed by atoms with van der Waals surface area (Å²) in [6.45, 7) is 1.68. The number of hydrogen-bond acceptors (Lipinski definition) is 5. The first kappa shape index (κ1) is 15.7. The molecular formula is C18H16FN3O2. The highest BCUT2D eigenvalue weighted by Gasteiger charge is 2.14. The Balaban J connectivity index is 2.00. The zero-order valence-electron chi connectivity index (χ0n) is 13.3. The van der Waals surface area contributed by atoms with Crippen LogP contribution in [0.4, 0.5) is 10.1 Å². The van der Waals surface area contributed by atoms with Gasteiger partial charge in [0, 0.05) is 5.56 Å². The number of halogens is 1. The third kappa shape index (κ3) is 2.99. The largest absolute Gasteiger partial charge is 0.493 e. The number of aryl methyl sites for hydroxylation is 1. The van der Waals surface area contributed by atoms with Gasteiger partial charge in [0.25, 0.3) is 0 Å². The third-order valence-corrected chi connectivity index (χ3v) is 3.55. The average Bonchev–Trinajstić information content (AvgIpc) is 2.60. The van der Waals surface area contributed by atoms with Crippen LogP contribution in [0.5, 0.6) is 17.4 Å². The van der Waals surface area contributed by atoms with Crippen molar-refractivity contribution in [3.05, 3.63) is 60.2 Å². The van der Waals surface area contributed by atoms with Gasteiger partial charge in [-0.2, -0.15) is 4.98 Å². The van der Waals surface area contributed by atoms with E-state index in [0.29, 0.717) is 28.3 Å². The van der Waals surface area contributed by atoms with Gasteiger partial charge in [-0.3, -0.25) is 0 Å². The van der Waals surface area contributed by atoms with E-state index >= 15 is 0 Å². The van der Waals surface area contributed by atoms with Crippen molar-refractivity contribution in [1.82, 2.24) is 9.97 Å². The lowest BCUT2D eigenvalue weighted by atomic mass is 10.1. The Kier molecular flexibility index (Phi) is 4.29. The van der Waals surface area contributed by atoms with Gasteiger partial charge in [-0.1, -0.05) is 12.1 Å². The number of aromatic nitrogens is 2. The Labute approximate surface area is 138 Å². The SMILES string of the molecule is COc1ccccc1Oc1ncnc(-c2ccc(F)c(C)c2)c1N. The normalized spacial score (nSPS) is 10.5. The van der Waals surface area contributed by atoms with Crippen molar-refractivity contribution in [2.75, 3.05) is 12.8 Å². The van der Waals surface area contributed by atoms with Gasteiger partial charge in [-0.25, -0.2) is 9.37 Å². The highest BCUT2D eigenvalue weighted by Crippen LogP contribution is 2.36. The predicted octanol–water partition coefficient (Wildman–Crippen LogP) is 3.97. The molecule has 0 saturated carbocycles. The first-order valence-corrected chi connectivity index (χ1v) is 7.28. The van der Waals surface area contributed by atoms with Crippen molar-refractivity contribution < 1.29 is 13.9 Å². The molecule has 0 bridgehead atoms. The maximum absolute atomic E-state index is 13.5. The van der Waals surface area contributed by atoms with E-state index < -0.39 is 0 Å². The molecule has 3 aromatic rings. The number of hydrogen-bond donors (Lipinski definition) is 1. The number of rotatable bonds is 4. The number of para-hydroxylation sites is 2. The summed E-state index contributed by atoms with van der Waals surface area (Å²) in [5.74, 6) is 0.990. The third-order valence-electron chi connectivity index (χ3n) is 3.55. The lowest BCUT2D eigenvalue weighted by molar-refractivity contribution is 0.374. The molecule has 3 rings (SSSR count). The van der Waals surface area contributed by atoms with Crippen molar-refractivity contribution >= 4 is 5.69 Å². The molecule has 122 valence electrons. The van der Waals surface area contributed by atoms with Crippen LogP contribution < -0.4 is 15.2 Å². The van der Waals surface area contributed by atoms with E-state index in [9.17, 15) is 4.39 Å². The molecule has 2 N–H and O–H groups in total. The van der Waals surface area contributed by atoms with Crippen LogP contribution >= 0.6 is 0 Å². The van der Waals surface area contributed by atoms with Crippen molar-refractivity contribution in [3.63, 3.8) is 0 Å². The molecule has 0 spiro atoms. The van der Waals surface area contributed by atoms with Gasteiger partial charge in [0.15, 0.2) is 11.5 Å². The van der Waals surface area contributed by atoms with E-state index in [1.54, 1.807) is 38.3 Å². The van der Waals surface area contributed by atoms with Crippen LogP contribution in [0.1, 0.15) is 5.56 Å². The van der Waals surface area contributed by atoms with Gasteiger partial charge in [0.1, 0.15) is 23.5 Å². The van der Waals surface area contributed by atoms with Crippen LogP contribution in [0.3, 0.4) is 0 Å². The Morgan fingerprint density at radius 3 is 2.50 bits per heavy atom. The van der Waals surface area contributed by atoms with Crippen LogP contribution in [0.25, 0.3) is 11.3 Å². The molecule has 0 unspecified atom stereocenters. The molecule has 2 aromatic carbocycles. The quantitative estimate of drug-likeness (QED) is 0.786. The van der Waals surface area contributed by atoms with Crippen LogP contribution in [0, 0.1) is 12.7 Å². The number of methoxy groups -OCH3 is 1. The second kappa shape index (κ2) is 6.54. The minimum atomic E-state index is -0.281. The maximum atomic E-state index is 13.5. The van der Waals surface area contributed by atoms with Gasteiger partial charge in [-0.15, -0.1) is 0 Å². The second-order valence-corrected chi connectivity index (χ2v) is 5.16. The van der Waals surface area contributed by atoms with Crippen molar-refractivity contribution in [2.45, 2.75) is 6.92 Å². The number of nitrogen functional groups attached to an aromatic ring is 1. The number of ether oxygens (including phenoxy) is 2. The number of benzene rings is 2. The summed E-state index contributed by atoms with van der Waals surface area (Å²) in [5.41, 5.74) is 8.12. The summed E-state index contributed by atoms with van der Waals surface area (Å²) in [6, 6.07) is 11.9. The molecule has 24 heavy (non-hydrogen) atoms. The van der Waals surface area contributed by atoms with E-state index in [0.717, 1.165) is 0 Å². The Morgan fingerprint density at radius 2 is 1.79 bits per heavy atom. The van der Waals surface area contributed by atoms with Gasteiger partial charge in [-0.05, 0) is 42.8 Å². The fraction of sp³-hybridized carbons (Fsp3) is 0.111. The summed E-state index contributed by atoms with van der Waals surface area (Å²) in [5, 5.41) is 0.